The van der Waals surface area contributed by atoms with Crippen LogP contribution in [0.25, 0.3) is 22.0 Å². The van der Waals surface area contributed by atoms with Crippen molar-refractivity contribution in [1.82, 2.24) is 9.97 Å². The van der Waals surface area contributed by atoms with Crippen LogP contribution in [0.4, 0.5) is 21.6 Å². The molecule has 0 unspecified atom stereocenters. The highest BCUT2D eigenvalue weighted by Crippen LogP contribution is 2.29. The van der Waals surface area contributed by atoms with Crippen molar-refractivity contribution in [2.45, 2.75) is 0 Å². The van der Waals surface area contributed by atoms with Crippen molar-refractivity contribution in [2.24, 2.45) is 0 Å². The number of nitrogens with zero attached hydrogens (tertiary/aromatic N) is 3. The third kappa shape index (κ3) is 3.69. The van der Waals surface area contributed by atoms with Crippen molar-refractivity contribution in [3.8, 4) is 11.1 Å². The van der Waals surface area contributed by atoms with Crippen LogP contribution in [0.3, 0.4) is 0 Å². The Morgan fingerprint density at radius 2 is 1.63 bits per heavy atom. The van der Waals surface area contributed by atoms with Gasteiger partial charge >= 0.3 is 0 Å². The molecule has 150 valence electrons. The number of aromatic nitrogens is 2. The van der Waals surface area contributed by atoms with E-state index < -0.39 is 0 Å². The molecule has 5 rings (SSSR count). The Morgan fingerprint density at radius 1 is 0.867 bits per heavy atom. The molecule has 0 aliphatic carbocycles. The first-order valence-corrected chi connectivity index (χ1v) is 9.97. The lowest BCUT2D eigenvalue weighted by Crippen LogP contribution is -2.36. The first-order chi connectivity index (χ1) is 14.8. The Hall–Kier alpha value is -3.51. The van der Waals surface area contributed by atoms with Gasteiger partial charge in [0.25, 0.3) is 0 Å². The summed E-state index contributed by atoms with van der Waals surface area (Å²) in [6, 6.07) is 21.2. The normalized spacial score (nSPS) is 14.1. The molecule has 1 aliphatic heterocycles. The fraction of sp³-hybridized carbons (Fsp3) is 0.167. The minimum atomic E-state index is -0.318. The van der Waals surface area contributed by atoms with Crippen molar-refractivity contribution in [1.29, 1.82) is 0 Å². The molecule has 1 fully saturated rings. The number of para-hydroxylation sites is 1. The van der Waals surface area contributed by atoms with Gasteiger partial charge in [0.05, 0.1) is 24.4 Å². The fourth-order valence-electron chi connectivity index (χ4n) is 3.71. The molecule has 0 bridgehead atoms. The largest absolute Gasteiger partial charge is 0.378 e. The topological polar surface area (TPSA) is 50.3 Å². The summed E-state index contributed by atoms with van der Waals surface area (Å²) in [5.41, 5.74) is 4.60. The van der Waals surface area contributed by atoms with Crippen LogP contribution >= 0.6 is 0 Å². The van der Waals surface area contributed by atoms with Gasteiger partial charge in [-0.3, -0.25) is 0 Å². The maximum absolute atomic E-state index is 14.0. The van der Waals surface area contributed by atoms with Gasteiger partial charge in [0, 0.05) is 24.2 Å². The zero-order valence-electron chi connectivity index (χ0n) is 16.4. The third-order valence-electron chi connectivity index (χ3n) is 5.34. The number of hydrogen-bond acceptors (Lipinski definition) is 5. The quantitative estimate of drug-likeness (QED) is 0.522. The summed E-state index contributed by atoms with van der Waals surface area (Å²) in [6.07, 6.45) is 1.50. The highest BCUT2D eigenvalue weighted by molar-refractivity contribution is 5.93. The van der Waals surface area contributed by atoms with E-state index in [1.807, 2.05) is 18.2 Å². The lowest BCUT2D eigenvalue weighted by Gasteiger charge is -2.28. The Kier molecular flexibility index (Phi) is 4.99. The van der Waals surface area contributed by atoms with Gasteiger partial charge in [0.2, 0.25) is 0 Å². The minimum Gasteiger partial charge on any atom is -0.378 e. The molecule has 0 saturated carbocycles. The summed E-state index contributed by atoms with van der Waals surface area (Å²) >= 11 is 0. The fourth-order valence-corrected chi connectivity index (χ4v) is 3.71. The van der Waals surface area contributed by atoms with E-state index in [2.05, 4.69) is 44.5 Å². The van der Waals surface area contributed by atoms with Gasteiger partial charge in [-0.25, -0.2) is 14.4 Å². The van der Waals surface area contributed by atoms with Crippen molar-refractivity contribution in [2.75, 3.05) is 36.5 Å². The van der Waals surface area contributed by atoms with Gasteiger partial charge in [0.1, 0.15) is 18.0 Å². The predicted octanol–water partition coefficient (Wildman–Crippen LogP) is 5.02. The number of ether oxygens (including phenoxy) is 1. The predicted molar refractivity (Wildman–Crippen MR) is 118 cm³/mol. The second-order valence-electron chi connectivity index (χ2n) is 7.21. The molecule has 1 saturated heterocycles. The van der Waals surface area contributed by atoms with E-state index in [0.29, 0.717) is 11.5 Å². The lowest BCUT2D eigenvalue weighted by atomic mass is 10.0. The maximum Gasteiger partial charge on any atom is 0.146 e. The van der Waals surface area contributed by atoms with E-state index in [1.165, 1.54) is 18.1 Å². The third-order valence-corrected chi connectivity index (χ3v) is 5.34. The number of hydrogen-bond donors (Lipinski definition) is 1. The van der Waals surface area contributed by atoms with Crippen molar-refractivity contribution < 1.29 is 9.13 Å². The molecule has 2 heterocycles. The second-order valence-corrected chi connectivity index (χ2v) is 7.21. The zero-order valence-corrected chi connectivity index (χ0v) is 16.4. The van der Waals surface area contributed by atoms with Crippen molar-refractivity contribution in [3.05, 3.63) is 78.9 Å². The monoisotopic (exact) mass is 400 g/mol. The Morgan fingerprint density at radius 3 is 2.43 bits per heavy atom. The molecule has 5 nitrogen and oxygen atoms in total. The standard InChI is InChI=1S/C24H21FN4O/c25-21-3-1-2-4-22(21)28-24-20-10-7-18(15-23(20)26-16-27-24)17-5-8-19(9-6-17)29-11-13-30-14-12-29/h1-10,15-16H,11-14H2,(H,26,27,28). The average molecular weight is 400 g/mol. The molecule has 0 atom stereocenters. The van der Waals surface area contributed by atoms with Crippen LogP contribution in [0.1, 0.15) is 0 Å². The number of fused-ring (bicyclic) bond motifs is 1. The van der Waals surface area contributed by atoms with E-state index in [0.717, 1.165) is 48.3 Å². The van der Waals surface area contributed by atoms with Crippen molar-refractivity contribution >= 4 is 28.1 Å². The van der Waals surface area contributed by atoms with Crippen LogP contribution in [0.2, 0.25) is 0 Å². The molecule has 0 amide bonds. The molecule has 1 aliphatic rings. The van der Waals surface area contributed by atoms with Crippen LogP contribution in [-0.4, -0.2) is 36.3 Å². The first-order valence-electron chi connectivity index (χ1n) is 9.97. The molecule has 3 aromatic carbocycles. The number of nitrogens with one attached hydrogen (secondary N) is 1. The summed E-state index contributed by atoms with van der Waals surface area (Å²) in [5.74, 6) is 0.264. The van der Waals surface area contributed by atoms with Crippen LogP contribution < -0.4 is 10.2 Å². The van der Waals surface area contributed by atoms with Crippen LogP contribution in [0, 0.1) is 5.82 Å². The summed E-state index contributed by atoms with van der Waals surface area (Å²) in [6.45, 7) is 3.39. The Bertz CT molecular complexity index is 1170. The van der Waals surface area contributed by atoms with E-state index in [9.17, 15) is 4.39 Å². The van der Waals surface area contributed by atoms with Crippen LogP contribution in [-0.2, 0) is 4.74 Å². The molecule has 30 heavy (non-hydrogen) atoms. The summed E-state index contributed by atoms with van der Waals surface area (Å²) in [5, 5.41) is 3.92. The van der Waals surface area contributed by atoms with E-state index >= 15 is 0 Å². The second kappa shape index (κ2) is 8.08. The molecule has 1 N–H and O–H groups in total. The number of rotatable bonds is 4. The molecule has 0 radical (unpaired) electrons. The SMILES string of the molecule is Fc1ccccc1Nc1ncnc2cc(-c3ccc(N4CCOCC4)cc3)ccc12. The molecule has 1 aromatic heterocycles. The summed E-state index contributed by atoms with van der Waals surface area (Å²) in [4.78, 5) is 11.1. The van der Waals surface area contributed by atoms with Crippen molar-refractivity contribution in [3.63, 3.8) is 0 Å². The molecule has 0 spiro atoms. The maximum atomic E-state index is 14.0. The summed E-state index contributed by atoms with van der Waals surface area (Å²) in [7, 11) is 0. The van der Waals surface area contributed by atoms with Gasteiger partial charge in [-0.2, -0.15) is 0 Å². The number of benzene rings is 3. The summed E-state index contributed by atoms with van der Waals surface area (Å²) < 4.78 is 19.4. The molecule has 6 heteroatoms. The molecular formula is C24H21FN4O. The van der Waals surface area contributed by atoms with Crippen LogP contribution in [0.15, 0.2) is 73.1 Å². The first kappa shape index (κ1) is 18.5. The average Bonchev–Trinajstić information content (AvgIpc) is 2.81. The number of morpholine rings is 1. The van der Waals surface area contributed by atoms with Gasteiger partial charge < -0.3 is 15.0 Å². The highest BCUT2D eigenvalue weighted by atomic mass is 19.1. The van der Waals surface area contributed by atoms with Gasteiger partial charge in [-0.05, 0) is 47.5 Å². The highest BCUT2D eigenvalue weighted by Gasteiger charge is 2.12. The van der Waals surface area contributed by atoms with Gasteiger partial charge in [0.15, 0.2) is 0 Å². The molecule has 4 aromatic rings. The van der Waals surface area contributed by atoms with E-state index in [1.54, 1.807) is 18.2 Å². The van der Waals surface area contributed by atoms with Gasteiger partial charge in [-0.1, -0.05) is 30.3 Å². The number of halogens is 1. The van der Waals surface area contributed by atoms with E-state index in [-0.39, 0.29) is 5.82 Å². The van der Waals surface area contributed by atoms with Gasteiger partial charge in [-0.15, -0.1) is 0 Å². The van der Waals surface area contributed by atoms with E-state index in [4.69, 9.17) is 4.74 Å². The Balaban J connectivity index is 1.43. The minimum absolute atomic E-state index is 0.318. The lowest BCUT2D eigenvalue weighted by molar-refractivity contribution is 0.122. The smallest absolute Gasteiger partial charge is 0.146 e. The zero-order chi connectivity index (χ0) is 20.3. The molecular weight excluding hydrogens is 379 g/mol. The number of anilines is 3. The Labute approximate surface area is 174 Å². The van der Waals surface area contributed by atoms with Crippen LogP contribution in [0.5, 0.6) is 0 Å².